The van der Waals surface area contributed by atoms with Gasteiger partial charge >= 0.3 is 0 Å². The fraction of sp³-hybridized carbons (Fsp3) is 0.500. The van der Waals surface area contributed by atoms with E-state index < -0.39 is 29.7 Å². The molecule has 1 unspecified atom stereocenters. The van der Waals surface area contributed by atoms with Crippen LogP contribution < -0.4 is 11.1 Å². The summed E-state index contributed by atoms with van der Waals surface area (Å²) in [4.78, 5) is 52.8. The van der Waals surface area contributed by atoms with Crippen LogP contribution in [0.15, 0.2) is 18.2 Å². The average Bonchev–Trinajstić information content (AvgIpc) is 2.95. The van der Waals surface area contributed by atoms with E-state index in [0.29, 0.717) is 24.2 Å². The summed E-state index contributed by atoms with van der Waals surface area (Å²) in [5.41, 5.74) is 7.36. The molecule has 3 atom stereocenters. The standard InChI is InChI=1S/C20H24N4O5/c21-14-6-7-23(9-12(14)10-25)8-11-2-1-3-13-17(11)20(29)24(19(13)28)15-4-5-16(26)22-18(15)27/h1-3,12,14-15,25H,4-10,21H2,(H,22,26,27)/t12-,14+,15?/m0/s1. The minimum atomic E-state index is -0.972. The maximum atomic E-state index is 13.1. The normalized spacial score (nSPS) is 27.9. The molecule has 29 heavy (non-hydrogen) atoms. The molecule has 2 saturated heterocycles. The monoisotopic (exact) mass is 400 g/mol. The van der Waals surface area contributed by atoms with E-state index >= 15 is 0 Å². The molecule has 0 radical (unpaired) electrons. The van der Waals surface area contributed by atoms with E-state index in [2.05, 4.69) is 10.2 Å². The predicted molar refractivity (Wildman–Crippen MR) is 102 cm³/mol. The van der Waals surface area contributed by atoms with Crippen molar-refractivity contribution in [3.8, 4) is 0 Å². The van der Waals surface area contributed by atoms with Gasteiger partial charge in [0.1, 0.15) is 6.04 Å². The van der Waals surface area contributed by atoms with E-state index in [0.717, 1.165) is 17.9 Å². The van der Waals surface area contributed by atoms with Crippen LogP contribution in [0, 0.1) is 5.92 Å². The number of aliphatic hydroxyl groups excluding tert-OH is 1. The molecule has 0 bridgehead atoms. The Labute approximate surface area is 167 Å². The molecule has 9 heteroatoms. The number of benzene rings is 1. The molecule has 1 aromatic carbocycles. The van der Waals surface area contributed by atoms with Crippen LogP contribution >= 0.6 is 0 Å². The summed E-state index contributed by atoms with van der Waals surface area (Å²) in [7, 11) is 0. The first-order chi connectivity index (χ1) is 13.9. The van der Waals surface area contributed by atoms with E-state index in [4.69, 9.17) is 5.73 Å². The largest absolute Gasteiger partial charge is 0.396 e. The van der Waals surface area contributed by atoms with E-state index in [1.54, 1.807) is 18.2 Å². The molecule has 0 aromatic heterocycles. The van der Waals surface area contributed by atoms with Gasteiger partial charge in [-0.05, 0) is 31.0 Å². The highest BCUT2D eigenvalue weighted by molar-refractivity contribution is 6.24. The topological polar surface area (TPSA) is 133 Å². The number of carbonyl (C=O) groups is 4. The van der Waals surface area contributed by atoms with Crippen molar-refractivity contribution >= 4 is 23.6 Å². The van der Waals surface area contributed by atoms with Gasteiger partial charge in [-0.15, -0.1) is 0 Å². The SMILES string of the molecule is N[C@@H]1CCN(Cc2cccc3c2C(=O)N(C2CCC(=O)NC2=O)C3=O)C[C@H]1CO. The first kappa shape index (κ1) is 19.7. The smallest absolute Gasteiger partial charge is 0.262 e. The fourth-order valence-corrected chi connectivity index (χ4v) is 4.42. The van der Waals surface area contributed by atoms with Crippen LogP contribution in [0.3, 0.4) is 0 Å². The van der Waals surface area contributed by atoms with Crippen molar-refractivity contribution in [2.45, 2.75) is 37.9 Å². The van der Waals surface area contributed by atoms with Gasteiger partial charge in [0.05, 0.1) is 11.1 Å². The second-order valence-electron chi connectivity index (χ2n) is 7.92. The maximum Gasteiger partial charge on any atom is 0.262 e. The number of amides is 4. The van der Waals surface area contributed by atoms with Crippen molar-refractivity contribution in [3.05, 3.63) is 34.9 Å². The summed E-state index contributed by atoms with van der Waals surface area (Å²) in [6, 6.07) is 4.10. The molecular weight excluding hydrogens is 376 g/mol. The van der Waals surface area contributed by atoms with E-state index in [-0.39, 0.29) is 37.0 Å². The first-order valence-corrected chi connectivity index (χ1v) is 9.83. The molecule has 154 valence electrons. The number of rotatable bonds is 4. The third kappa shape index (κ3) is 3.45. The number of nitrogens with one attached hydrogen (secondary N) is 1. The zero-order valence-electron chi connectivity index (χ0n) is 16.0. The molecule has 0 aliphatic carbocycles. The number of piperidine rings is 2. The lowest BCUT2D eigenvalue weighted by Crippen LogP contribution is -2.54. The van der Waals surface area contributed by atoms with Crippen LogP contribution in [0.25, 0.3) is 0 Å². The van der Waals surface area contributed by atoms with Crippen molar-refractivity contribution in [1.82, 2.24) is 15.1 Å². The van der Waals surface area contributed by atoms with Gasteiger partial charge in [0.2, 0.25) is 11.8 Å². The number of hydrogen-bond donors (Lipinski definition) is 3. The average molecular weight is 400 g/mol. The molecule has 9 nitrogen and oxygen atoms in total. The summed E-state index contributed by atoms with van der Waals surface area (Å²) in [5, 5.41) is 11.7. The van der Waals surface area contributed by atoms with Crippen LogP contribution in [0.4, 0.5) is 0 Å². The summed E-state index contributed by atoms with van der Waals surface area (Å²) in [5.74, 6) is -2.05. The molecule has 3 aliphatic heterocycles. The van der Waals surface area contributed by atoms with Crippen LogP contribution in [-0.4, -0.2) is 70.3 Å². The highest BCUT2D eigenvalue weighted by Gasteiger charge is 2.45. The molecule has 3 aliphatic rings. The minimum absolute atomic E-state index is 0.00523. The lowest BCUT2D eigenvalue weighted by atomic mass is 9.93. The number of aliphatic hydroxyl groups is 1. The Morgan fingerprint density at radius 1 is 1.14 bits per heavy atom. The van der Waals surface area contributed by atoms with Crippen LogP contribution in [0.1, 0.15) is 45.5 Å². The Kier molecular flexibility index (Phi) is 5.20. The molecule has 4 rings (SSSR count). The Bertz CT molecular complexity index is 886. The minimum Gasteiger partial charge on any atom is -0.396 e. The third-order valence-corrected chi connectivity index (χ3v) is 6.06. The first-order valence-electron chi connectivity index (χ1n) is 9.83. The van der Waals surface area contributed by atoms with Gasteiger partial charge in [0.15, 0.2) is 0 Å². The summed E-state index contributed by atoms with van der Waals surface area (Å²) >= 11 is 0. The zero-order valence-corrected chi connectivity index (χ0v) is 16.0. The van der Waals surface area contributed by atoms with Gasteiger partial charge in [-0.2, -0.15) is 0 Å². The number of nitrogens with zero attached hydrogens (tertiary/aromatic N) is 2. The molecule has 3 heterocycles. The molecule has 2 fully saturated rings. The number of fused-ring (bicyclic) bond motifs is 1. The van der Waals surface area contributed by atoms with E-state index in [1.165, 1.54) is 0 Å². The van der Waals surface area contributed by atoms with Crippen molar-refractivity contribution < 1.29 is 24.3 Å². The van der Waals surface area contributed by atoms with E-state index in [1.807, 2.05) is 0 Å². The highest BCUT2D eigenvalue weighted by atomic mass is 16.3. The molecule has 4 N–H and O–H groups in total. The quantitative estimate of drug-likeness (QED) is 0.565. The fourth-order valence-electron chi connectivity index (χ4n) is 4.42. The van der Waals surface area contributed by atoms with Gasteiger partial charge in [0.25, 0.3) is 11.8 Å². The predicted octanol–water partition coefficient (Wildman–Crippen LogP) is -0.771. The zero-order chi connectivity index (χ0) is 20.7. The number of imide groups is 2. The van der Waals surface area contributed by atoms with Crippen LogP contribution in [-0.2, 0) is 16.1 Å². The summed E-state index contributed by atoms with van der Waals surface area (Å²) in [6.45, 7) is 1.81. The van der Waals surface area contributed by atoms with Crippen LogP contribution in [0.5, 0.6) is 0 Å². The molecule has 1 aromatic rings. The Morgan fingerprint density at radius 2 is 1.93 bits per heavy atom. The van der Waals surface area contributed by atoms with Crippen molar-refractivity contribution in [2.75, 3.05) is 19.7 Å². The van der Waals surface area contributed by atoms with Gasteiger partial charge < -0.3 is 10.8 Å². The number of nitrogens with two attached hydrogens (primary N) is 1. The van der Waals surface area contributed by atoms with Gasteiger partial charge in [-0.1, -0.05) is 12.1 Å². The Balaban J connectivity index is 1.58. The molecular formula is C20H24N4O5. The third-order valence-electron chi connectivity index (χ3n) is 6.06. The number of hydrogen-bond acceptors (Lipinski definition) is 7. The van der Waals surface area contributed by atoms with Crippen LogP contribution in [0.2, 0.25) is 0 Å². The Hall–Kier alpha value is -2.62. The highest BCUT2D eigenvalue weighted by Crippen LogP contribution is 2.31. The molecule has 0 saturated carbocycles. The van der Waals surface area contributed by atoms with E-state index in [9.17, 15) is 24.3 Å². The van der Waals surface area contributed by atoms with Gasteiger partial charge in [0, 0.05) is 38.1 Å². The van der Waals surface area contributed by atoms with Crippen molar-refractivity contribution in [2.24, 2.45) is 11.7 Å². The second-order valence-corrected chi connectivity index (χ2v) is 7.92. The molecule has 0 spiro atoms. The van der Waals surface area contributed by atoms with Crippen molar-refractivity contribution in [1.29, 1.82) is 0 Å². The molecule has 4 amide bonds. The lowest BCUT2D eigenvalue weighted by Gasteiger charge is -2.36. The number of carbonyl (C=O) groups excluding carboxylic acids is 4. The summed E-state index contributed by atoms with van der Waals surface area (Å²) < 4.78 is 0. The number of likely N-dealkylation sites (tertiary alicyclic amines) is 1. The van der Waals surface area contributed by atoms with Gasteiger partial charge in [-0.3, -0.25) is 34.3 Å². The maximum absolute atomic E-state index is 13.1. The van der Waals surface area contributed by atoms with Crippen molar-refractivity contribution in [3.63, 3.8) is 0 Å². The van der Waals surface area contributed by atoms with Gasteiger partial charge in [-0.25, -0.2) is 0 Å². The Morgan fingerprint density at radius 3 is 2.66 bits per heavy atom. The second kappa shape index (κ2) is 7.66. The summed E-state index contributed by atoms with van der Waals surface area (Å²) in [6.07, 6.45) is 0.969. The lowest BCUT2D eigenvalue weighted by molar-refractivity contribution is -0.136.